The van der Waals surface area contributed by atoms with E-state index in [1.807, 2.05) is 36.4 Å². The van der Waals surface area contributed by atoms with Crippen LogP contribution in [0.2, 0.25) is 0 Å². The molecule has 0 N–H and O–H groups in total. The molecule has 14 heavy (non-hydrogen) atoms. The Labute approximate surface area is 96.8 Å². The van der Waals surface area contributed by atoms with Crippen LogP contribution in [0.5, 0.6) is 0 Å². The average Bonchev–Trinajstić information content (AvgIpc) is 2.76. The Morgan fingerprint density at radius 1 is 1.21 bits per heavy atom. The average molecular weight is 222 g/mol. The molecule has 0 heterocycles. The first-order valence-electron chi connectivity index (χ1n) is 4.35. The van der Waals surface area contributed by atoms with Crippen LogP contribution >= 0.6 is 0 Å². The van der Waals surface area contributed by atoms with Gasteiger partial charge in [0.25, 0.3) is 0 Å². The fraction of sp³-hybridized carbons (Fsp3) is 0.0769. The topological polar surface area (TPSA) is 0 Å². The summed E-state index contributed by atoms with van der Waals surface area (Å²) >= 11 is 0. The second-order valence-electron chi connectivity index (χ2n) is 2.89. The molecular formula is C13H14Cr-6. The third-order valence-electron chi connectivity index (χ3n) is 1.72. The minimum absolute atomic E-state index is 0. The molecule has 0 bridgehead atoms. The van der Waals surface area contributed by atoms with E-state index in [4.69, 9.17) is 0 Å². The van der Waals surface area contributed by atoms with Crippen LogP contribution in [0, 0.1) is 6.92 Å². The van der Waals surface area contributed by atoms with Crippen LogP contribution in [-0.4, -0.2) is 0 Å². The van der Waals surface area contributed by atoms with Crippen LogP contribution in [0.15, 0.2) is 55.1 Å². The van der Waals surface area contributed by atoms with Gasteiger partial charge in [0.15, 0.2) is 0 Å². The Balaban J connectivity index is 0.000000246. The summed E-state index contributed by atoms with van der Waals surface area (Å²) in [6.45, 7) is 5.72. The van der Waals surface area contributed by atoms with E-state index >= 15 is 0 Å². The smallest absolute Gasteiger partial charge is 0 e. The summed E-state index contributed by atoms with van der Waals surface area (Å²) in [5, 5.41) is 0. The summed E-state index contributed by atoms with van der Waals surface area (Å²) in [5.41, 5.74) is 2.52. The summed E-state index contributed by atoms with van der Waals surface area (Å²) in [5.74, 6) is 0. The molecule has 2 aromatic carbocycles. The molecule has 0 atom stereocenters. The molecule has 0 radical (unpaired) electrons. The largest absolute Gasteiger partial charge is 0.748 e. The molecule has 0 aromatic heterocycles. The Kier molecular flexibility index (Phi) is 6.84. The van der Waals surface area contributed by atoms with Crippen LogP contribution < -0.4 is 0 Å². The minimum Gasteiger partial charge on any atom is -0.748 e. The second-order valence-corrected chi connectivity index (χ2v) is 2.89. The van der Waals surface area contributed by atoms with Crippen molar-refractivity contribution in [1.82, 2.24) is 0 Å². The van der Waals surface area contributed by atoms with Gasteiger partial charge >= 0.3 is 0 Å². The molecular weight excluding hydrogens is 208 g/mol. The molecule has 1 heteroatoms. The molecule has 0 amide bonds. The van der Waals surface area contributed by atoms with Gasteiger partial charge in [0.1, 0.15) is 0 Å². The molecule has 0 saturated heterocycles. The van der Waals surface area contributed by atoms with Crippen molar-refractivity contribution in [3.8, 4) is 0 Å². The quantitative estimate of drug-likeness (QED) is 0.644. The predicted octanol–water partition coefficient (Wildman–Crippen LogP) is 3.76. The van der Waals surface area contributed by atoms with Crippen molar-refractivity contribution in [3.63, 3.8) is 0 Å². The van der Waals surface area contributed by atoms with E-state index in [1.165, 1.54) is 11.1 Å². The number of rotatable bonds is 1. The second kappa shape index (κ2) is 7.38. The molecule has 0 aliphatic rings. The van der Waals surface area contributed by atoms with E-state index < -0.39 is 0 Å². The van der Waals surface area contributed by atoms with Gasteiger partial charge in [0, 0.05) is 17.4 Å². The minimum atomic E-state index is 0. The third kappa shape index (κ3) is 4.87. The van der Waals surface area contributed by atoms with E-state index in [-0.39, 0.29) is 17.4 Å². The van der Waals surface area contributed by atoms with E-state index in [2.05, 4.69) is 31.7 Å². The Bertz CT molecular complexity index is 311. The van der Waals surface area contributed by atoms with Crippen molar-refractivity contribution in [2.45, 2.75) is 6.92 Å². The summed E-state index contributed by atoms with van der Waals surface area (Å²) in [7, 11) is 0. The summed E-state index contributed by atoms with van der Waals surface area (Å²) in [4.78, 5) is 0. The van der Waals surface area contributed by atoms with Crippen molar-refractivity contribution in [3.05, 3.63) is 66.2 Å². The van der Waals surface area contributed by atoms with Gasteiger partial charge in [-0.05, 0) is 0 Å². The monoisotopic (exact) mass is 222 g/mol. The Morgan fingerprint density at radius 2 is 1.71 bits per heavy atom. The fourth-order valence-electron chi connectivity index (χ4n) is 1.03. The molecule has 0 aliphatic heterocycles. The molecule has 78 valence electrons. The number of hydrogen-bond acceptors (Lipinski definition) is 0. The van der Waals surface area contributed by atoms with E-state index in [9.17, 15) is 0 Å². The van der Waals surface area contributed by atoms with E-state index in [0.717, 1.165) is 0 Å². The van der Waals surface area contributed by atoms with E-state index in [1.54, 1.807) is 0 Å². The molecule has 0 saturated carbocycles. The molecule has 2 rings (SSSR count). The molecule has 0 aliphatic carbocycles. The van der Waals surface area contributed by atoms with Crippen molar-refractivity contribution < 1.29 is 17.4 Å². The van der Waals surface area contributed by atoms with Crippen molar-refractivity contribution in [2.24, 2.45) is 0 Å². The normalized spacial score (nSPS) is 8.07. The Morgan fingerprint density at radius 3 is 1.93 bits per heavy atom. The predicted molar refractivity (Wildman–Crippen MR) is 58.9 cm³/mol. The maximum absolute atomic E-state index is 3.64. The van der Waals surface area contributed by atoms with Crippen LogP contribution in [0.4, 0.5) is 0 Å². The third-order valence-corrected chi connectivity index (χ3v) is 1.72. The maximum atomic E-state index is 3.64. The SMILES string of the molecule is C=C[c-]1ccc(C)c1.[Cr].[cH-]1[cH-][cH-][cH-][cH-]1. The molecule has 2 aromatic rings. The van der Waals surface area contributed by atoms with Gasteiger partial charge in [-0.25, -0.2) is 0 Å². The van der Waals surface area contributed by atoms with Crippen molar-refractivity contribution in [1.29, 1.82) is 0 Å². The van der Waals surface area contributed by atoms with Gasteiger partial charge in [-0.3, -0.25) is 0 Å². The van der Waals surface area contributed by atoms with Gasteiger partial charge < -0.3 is 30.3 Å². The molecule has 0 fully saturated rings. The summed E-state index contributed by atoms with van der Waals surface area (Å²) in [6, 6.07) is 16.2. The van der Waals surface area contributed by atoms with Crippen molar-refractivity contribution in [2.75, 3.05) is 0 Å². The van der Waals surface area contributed by atoms with Gasteiger partial charge in [-0.1, -0.05) is 6.92 Å². The van der Waals surface area contributed by atoms with Crippen molar-refractivity contribution >= 4 is 6.08 Å². The van der Waals surface area contributed by atoms with E-state index in [0.29, 0.717) is 0 Å². The number of aryl methyl sites for hydroxylation is 1. The van der Waals surface area contributed by atoms with Crippen LogP contribution in [0.1, 0.15) is 11.1 Å². The zero-order chi connectivity index (χ0) is 9.52. The Hall–Kier alpha value is -1.03. The van der Waals surface area contributed by atoms with Crippen LogP contribution in [0.3, 0.4) is 0 Å². The molecule has 0 spiro atoms. The maximum Gasteiger partial charge on any atom is 0 e. The summed E-state index contributed by atoms with van der Waals surface area (Å²) < 4.78 is 0. The van der Waals surface area contributed by atoms with Gasteiger partial charge in [-0.2, -0.15) is 18.2 Å². The standard InChI is InChI=1S/C8H9.C5H5.Cr/c1-3-8-5-4-7(2)6-8;1-2-4-5-3-1;/h3-6H,1H2,2H3;1-5H;/q-1;-5;. The first-order chi connectivity index (χ1) is 6.33. The van der Waals surface area contributed by atoms with Crippen LogP contribution in [-0.2, 0) is 17.4 Å². The first-order valence-corrected chi connectivity index (χ1v) is 4.35. The van der Waals surface area contributed by atoms with Crippen LogP contribution in [0.25, 0.3) is 6.08 Å². The zero-order valence-corrected chi connectivity index (χ0v) is 9.59. The fourth-order valence-corrected chi connectivity index (χ4v) is 1.03. The van der Waals surface area contributed by atoms with Gasteiger partial charge in [0.05, 0.1) is 0 Å². The number of hydrogen-bond donors (Lipinski definition) is 0. The molecule has 0 unspecified atom stereocenters. The summed E-state index contributed by atoms with van der Waals surface area (Å²) in [6.07, 6.45) is 1.85. The zero-order valence-electron chi connectivity index (χ0n) is 8.31. The molecule has 0 nitrogen and oxygen atoms in total. The van der Waals surface area contributed by atoms with Gasteiger partial charge in [-0.15, -0.1) is 23.8 Å². The van der Waals surface area contributed by atoms with Gasteiger partial charge in [0.2, 0.25) is 0 Å². The first kappa shape index (κ1) is 13.0.